The average molecular weight is 328 g/mol. The number of hydrogen-bond acceptors (Lipinski definition) is 6. The highest BCUT2D eigenvalue weighted by molar-refractivity contribution is 6.14. The van der Waals surface area contributed by atoms with E-state index >= 15 is 0 Å². The molecule has 0 amide bonds. The Kier molecular flexibility index (Phi) is 4.04. The van der Waals surface area contributed by atoms with Crippen molar-refractivity contribution in [1.82, 2.24) is 0 Å². The number of rotatable bonds is 4. The van der Waals surface area contributed by atoms with Gasteiger partial charge in [-0.05, 0) is 24.3 Å². The number of allylic oxidation sites excluding steroid dienone is 1. The van der Waals surface area contributed by atoms with Crippen molar-refractivity contribution in [2.75, 3.05) is 21.3 Å². The molecule has 0 atom stereocenters. The van der Waals surface area contributed by atoms with E-state index in [9.17, 15) is 9.90 Å². The highest BCUT2D eigenvalue weighted by atomic mass is 16.5. The van der Waals surface area contributed by atoms with Crippen LogP contribution in [0.15, 0.2) is 36.1 Å². The van der Waals surface area contributed by atoms with Crippen molar-refractivity contribution in [2.45, 2.75) is 0 Å². The van der Waals surface area contributed by atoms with Gasteiger partial charge < -0.3 is 24.1 Å². The van der Waals surface area contributed by atoms with Crippen LogP contribution in [0.1, 0.15) is 15.9 Å². The molecule has 6 heteroatoms. The number of benzene rings is 2. The lowest BCUT2D eigenvalue weighted by atomic mass is 10.1. The lowest BCUT2D eigenvalue weighted by Gasteiger charge is -2.12. The minimum atomic E-state index is -0.262. The number of fused-ring (bicyclic) bond motifs is 1. The van der Waals surface area contributed by atoms with Gasteiger partial charge in [-0.25, -0.2) is 0 Å². The Bertz CT molecular complexity index is 838. The van der Waals surface area contributed by atoms with E-state index in [1.54, 1.807) is 18.2 Å². The van der Waals surface area contributed by atoms with Gasteiger partial charge in [-0.15, -0.1) is 0 Å². The summed E-state index contributed by atoms with van der Waals surface area (Å²) >= 11 is 0. The van der Waals surface area contributed by atoms with Gasteiger partial charge in [0.15, 0.2) is 17.3 Å². The molecule has 0 bridgehead atoms. The van der Waals surface area contributed by atoms with Gasteiger partial charge in [0.25, 0.3) is 0 Å². The smallest absolute Gasteiger partial charge is 0.231 e. The number of phenolic OH excluding ortho intramolecular Hbond substituents is 1. The molecule has 0 fully saturated rings. The Hall–Kier alpha value is -3.15. The van der Waals surface area contributed by atoms with E-state index in [-0.39, 0.29) is 17.3 Å². The maximum atomic E-state index is 12.4. The third-order valence-corrected chi connectivity index (χ3v) is 3.68. The number of carbonyl (C=O) groups excluding carboxylic acids is 1. The highest BCUT2D eigenvalue weighted by Gasteiger charge is 2.28. The SMILES string of the molecule is COc1cc(OC)c(OC)cc1/C=C1/Oc2cc(O)ccc2C1=O. The van der Waals surface area contributed by atoms with Crippen molar-refractivity contribution < 1.29 is 28.8 Å². The Morgan fingerprint density at radius 2 is 1.62 bits per heavy atom. The molecule has 1 heterocycles. The summed E-state index contributed by atoms with van der Waals surface area (Å²) in [6, 6.07) is 7.74. The van der Waals surface area contributed by atoms with E-state index in [4.69, 9.17) is 18.9 Å². The fourth-order valence-corrected chi connectivity index (χ4v) is 2.48. The first kappa shape index (κ1) is 15.7. The second-order valence-electron chi connectivity index (χ2n) is 5.07. The normalized spacial score (nSPS) is 14.3. The molecule has 0 aromatic heterocycles. The Balaban J connectivity index is 2.05. The van der Waals surface area contributed by atoms with E-state index < -0.39 is 0 Å². The van der Waals surface area contributed by atoms with Crippen LogP contribution >= 0.6 is 0 Å². The van der Waals surface area contributed by atoms with Crippen LogP contribution in [0.5, 0.6) is 28.7 Å². The molecule has 0 saturated heterocycles. The van der Waals surface area contributed by atoms with E-state index in [2.05, 4.69) is 0 Å². The number of Topliss-reactive ketones (excluding diaryl/α,β-unsaturated/α-hetero) is 1. The summed E-state index contributed by atoms with van der Waals surface area (Å²) in [5, 5.41) is 9.51. The molecule has 1 N–H and O–H groups in total. The summed E-state index contributed by atoms with van der Waals surface area (Å²) in [6.07, 6.45) is 1.57. The molecule has 0 spiro atoms. The highest BCUT2D eigenvalue weighted by Crippen LogP contribution is 2.38. The second-order valence-corrected chi connectivity index (χ2v) is 5.07. The number of ether oxygens (including phenoxy) is 4. The van der Waals surface area contributed by atoms with Gasteiger partial charge in [0.2, 0.25) is 5.78 Å². The molecule has 1 aliphatic heterocycles. The monoisotopic (exact) mass is 328 g/mol. The van der Waals surface area contributed by atoms with Crippen LogP contribution in [-0.4, -0.2) is 32.2 Å². The Morgan fingerprint density at radius 3 is 2.29 bits per heavy atom. The first-order chi connectivity index (χ1) is 11.6. The molecule has 0 radical (unpaired) electrons. The lowest BCUT2D eigenvalue weighted by Crippen LogP contribution is -2.00. The summed E-state index contributed by atoms with van der Waals surface area (Å²) in [5.41, 5.74) is 1.01. The molecular formula is C18H16O6. The fourth-order valence-electron chi connectivity index (χ4n) is 2.48. The van der Waals surface area contributed by atoms with Crippen molar-refractivity contribution >= 4 is 11.9 Å². The van der Waals surface area contributed by atoms with Crippen LogP contribution in [0.4, 0.5) is 0 Å². The van der Waals surface area contributed by atoms with Crippen LogP contribution in [0, 0.1) is 0 Å². The third kappa shape index (κ3) is 2.62. The number of hydrogen-bond donors (Lipinski definition) is 1. The predicted molar refractivity (Wildman–Crippen MR) is 87.1 cm³/mol. The molecule has 0 unspecified atom stereocenters. The summed E-state index contributed by atoms with van der Waals surface area (Å²) in [4.78, 5) is 12.4. The summed E-state index contributed by atoms with van der Waals surface area (Å²) in [5.74, 6) is 1.77. The molecule has 3 rings (SSSR count). The van der Waals surface area contributed by atoms with Crippen molar-refractivity contribution in [3.05, 3.63) is 47.2 Å². The number of phenols is 1. The molecule has 0 saturated carbocycles. The lowest BCUT2D eigenvalue weighted by molar-refractivity contribution is 0.101. The maximum Gasteiger partial charge on any atom is 0.231 e. The van der Waals surface area contributed by atoms with E-state index in [0.717, 1.165) is 0 Å². The molecule has 1 aliphatic rings. The molecule has 2 aromatic rings. The van der Waals surface area contributed by atoms with Crippen LogP contribution in [-0.2, 0) is 0 Å². The molecule has 6 nitrogen and oxygen atoms in total. The number of carbonyl (C=O) groups is 1. The van der Waals surface area contributed by atoms with Gasteiger partial charge in [0.05, 0.1) is 26.9 Å². The molecule has 2 aromatic carbocycles. The standard InChI is InChI=1S/C18H16O6/c1-21-13-9-16(23-3)15(22-2)6-10(13)7-17-18(20)12-5-4-11(19)8-14(12)24-17/h4-9,19H,1-3H3/b17-7+. The molecular weight excluding hydrogens is 312 g/mol. The third-order valence-electron chi connectivity index (χ3n) is 3.68. The predicted octanol–water partition coefficient (Wildman–Crippen LogP) is 3.03. The van der Waals surface area contributed by atoms with E-state index in [1.807, 2.05) is 0 Å². The van der Waals surface area contributed by atoms with Crippen LogP contribution in [0.25, 0.3) is 6.08 Å². The first-order valence-electron chi connectivity index (χ1n) is 7.14. The van der Waals surface area contributed by atoms with Crippen molar-refractivity contribution in [3.63, 3.8) is 0 Å². The topological polar surface area (TPSA) is 74.2 Å². The van der Waals surface area contributed by atoms with E-state index in [0.29, 0.717) is 34.1 Å². The molecule has 124 valence electrons. The number of aromatic hydroxyl groups is 1. The summed E-state index contributed by atoms with van der Waals surface area (Å²) in [7, 11) is 4.58. The fraction of sp³-hybridized carbons (Fsp3) is 0.167. The molecule has 24 heavy (non-hydrogen) atoms. The van der Waals surface area contributed by atoms with Crippen LogP contribution in [0.2, 0.25) is 0 Å². The van der Waals surface area contributed by atoms with Gasteiger partial charge in [-0.1, -0.05) is 0 Å². The second kappa shape index (κ2) is 6.16. The first-order valence-corrected chi connectivity index (χ1v) is 7.14. The van der Waals surface area contributed by atoms with Crippen LogP contribution < -0.4 is 18.9 Å². The number of ketones is 1. The largest absolute Gasteiger partial charge is 0.508 e. The minimum Gasteiger partial charge on any atom is -0.508 e. The minimum absolute atomic E-state index is 0.0338. The Morgan fingerprint density at radius 1 is 0.958 bits per heavy atom. The van der Waals surface area contributed by atoms with Gasteiger partial charge in [0.1, 0.15) is 17.2 Å². The van der Waals surface area contributed by atoms with Crippen molar-refractivity contribution in [1.29, 1.82) is 0 Å². The number of methoxy groups -OCH3 is 3. The zero-order valence-electron chi connectivity index (χ0n) is 13.5. The zero-order chi connectivity index (χ0) is 17.3. The van der Waals surface area contributed by atoms with Gasteiger partial charge in [0, 0.05) is 17.7 Å². The van der Waals surface area contributed by atoms with Crippen molar-refractivity contribution in [2.24, 2.45) is 0 Å². The maximum absolute atomic E-state index is 12.4. The van der Waals surface area contributed by atoms with Crippen LogP contribution in [0.3, 0.4) is 0 Å². The average Bonchev–Trinajstić information content (AvgIpc) is 2.89. The summed E-state index contributed by atoms with van der Waals surface area (Å²) < 4.78 is 21.4. The summed E-state index contributed by atoms with van der Waals surface area (Å²) in [6.45, 7) is 0. The molecule has 0 aliphatic carbocycles. The van der Waals surface area contributed by atoms with Gasteiger partial charge >= 0.3 is 0 Å². The zero-order valence-corrected chi connectivity index (χ0v) is 13.5. The van der Waals surface area contributed by atoms with Gasteiger partial charge in [-0.2, -0.15) is 0 Å². The van der Waals surface area contributed by atoms with E-state index in [1.165, 1.54) is 39.5 Å². The quantitative estimate of drug-likeness (QED) is 0.870. The van der Waals surface area contributed by atoms with Crippen molar-refractivity contribution in [3.8, 4) is 28.7 Å². The van der Waals surface area contributed by atoms with Gasteiger partial charge in [-0.3, -0.25) is 4.79 Å². The Labute approximate surface area is 138 Å².